The zero-order valence-electron chi connectivity index (χ0n) is 8.12. The molecule has 0 N–H and O–H groups in total. The minimum Gasteiger partial charge on any atom is -0.466 e. The smallest absolute Gasteiger partial charge is 0.332 e. The Morgan fingerprint density at radius 1 is 1.71 bits per heavy atom. The molecule has 1 aliphatic rings. The summed E-state index contributed by atoms with van der Waals surface area (Å²) < 4.78 is 4.46. The Labute approximate surface area is 87.5 Å². The SMILES string of the molecule is COC(=O)C=C(C)N1CC(Cl)CC1=O. The minimum absolute atomic E-state index is 0.0531. The number of carbonyl (C=O) groups excluding carboxylic acids is 2. The van der Waals surface area contributed by atoms with Crippen LogP contribution in [0.25, 0.3) is 0 Å². The van der Waals surface area contributed by atoms with Crippen LogP contribution in [0.5, 0.6) is 0 Å². The molecule has 1 amide bonds. The van der Waals surface area contributed by atoms with Gasteiger partial charge in [-0.05, 0) is 6.92 Å². The van der Waals surface area contributed by atoms with E-state index in [9.17, 15) is 9.59 Å². The Balaban J connectivity index is 2.70. The average molecular weight is 218 g/mol. The van der Waals surface area contributed by atoms with Crippen molar-refractivity contribution >= 4 is 23.5 Å². The van der Waals surface area contributed by atoms with Crippen molar-refractivity contribution in [3.05, 3.63) is 11.8 Å². The number of halogens is 1. The van der Waals surface area contributed by atoms with Gasteiger partial charge in [-0.3, -0.25) is 4.79 Å². The lowest BCUT2D eigenvalue weighted by Gasteiger charge is -2.15. The summed E-state index contributed by atoms with van der Waals surface area (Å²) in [5.74, 6) is -0.518. The first kappa shape index (κ1) is 11.0. The van der Waals surface area contributed by atoms with E-state index in [2.05, 4.69) is 4.74 Å². The maximum absolute atomic E-state index is 11.3. The number of alkyl halides is 1. The fraction of sp³-hybridized carbons (Fsp3) is 0.556. The molecular weight excluding hydrogens is 206 g/mol. The molecule has 78 valence electrons. The van der Waals surface area contributed by atoms with Crippen molar-refractivity contribution < 1.29 is 14.3 Å². The third-order valence-corrected chi connectivity index (χ3v) is 2.32. The molecule has 0 radical (unpaired) electrons. The van der Waals surface area contributed by atoms with Crippen LogP contribution in [0.3, 0.4) is 0 Å². The molecule has 14 heavy (non-hydrogen) atoms. The molecule has 0 aromatic heterocycles. The molecule has 1 rings (SSSR count). The first-order valence-corrected chi connectivity index (χ1v) is 4.69. The van der Waals surface area contributed by atoms with Gasteiger partial charge in [0.05, 0.1) is 12.5 Å². The number of rotatable bonds is 2. The zero-order chi connectivity index (χ0) is 10.7. The van der Waals surface area contributed by atoms with E-state index in [0.717, 1.165) is 0 Å². The van der Waals surface area contributed by atoms with Crippen LogP contribution in [0.15, 0.2) is 11.8 Å². The van der Waals surface area contributed by atoms with E-state index in [-0.39, 0.29) is 11.3 Å². The van der Waals surface area contributed by atoms with Crippen molar-refractivity contribution in [3.63, 3.8) is 0 Å². The molecule has 1 aliphatic heterocycles. The largest absolute Gasteiger partial charge is 0.466 e. The summed E-state index contributed by atoms with van der Waals surface area (Å²) in [6, 6.07) is 0. The maximum atomic E-state index is 11.3. The van der Waals surface area contributed by atoms with Crippen LogP contribution in [0.4, 0.5) is 0 Å². The topological polar surface area (TPSA) is 46.6 Å². The van der Waals surface area contributed by atoms with Crippen molar-refractivity contribution in [2.24, 2.45) is 0 Å². The molecule has 0 spiro atoms. The molecular formula is C9H12ClNO3. The first-order valence-electron chi connectivity index (χ1n) is 4.25. The van der Waals surface area contributed by atoms with Gasteiger partial charge < -0.3 is 9.64 Å². The van der Waals surface area contributed by atoms with Gasteiger partial charge in [-0.2, -0.15) is 0 Å². The molecule has 1 atom stereocenters. The van der Waals surface area contributed by atoms with Gasteiger partial charge in [0.15, 0.2) is 0 Å². The van der Waals surface area contributed by atoms with Crippen molar-refractivity contribution in [2.75, 3.05) is 13.7 Å². The van der Waals surface area contributed by atoms with Crippen LogP contribution in [0.1, 0.15) is 13.3 Å². The van der Waals surface area contributed by atoms with Crippen LogP contribution in [-0.2, 0) is 14.3 Å². The van der Waals surface area contributed by atoms with Crippen molar-refractivity contribution in [1.82, 2.24) is 4.90 Å². The van der Waals surface area contributed by atoms with Crippen molar-refractivity contribution in [2.45, 2.75) is 18.7 Å². The van der Waals surface area contributed by atoms with Crippen LogP contribution < -0.4 is 0 Å². The molecule has 1 saturated heterocycles. The van der Waals surface area contributed by atoms with Crippen LogP contribution in [0.2, 0.25) is 0 Å². The lowest BCUT2D eigenvalue weighted by Crippen LogP contribution is -2.23. The molecule has 0 bridgehead atoms. The summed E-state index contributed by atoms with van der Waals surface area (Å²) in [4.78, 5) is 23.7. The summed E-state index contributed by atoms with van der Waals surface area (Å²) in [6.45, 7) is 2.14. The van der Waals surface area contributed by atoms with Crippen LogP contribution in [0, 0.1) is 0 Å². The van der Waals surface area contributed by atoms with E-state index in [0.29, 0.717) is 18.7 Å². The molecule has 5 heteroatoms. The highest BCUT2D eigenvalue weighted by Gasteiger charge is 2.29. The Hall–Kier alpha value is -1.03. The number of likely N-dealkylation sites (tertiary alicyclic amines) is 1. The Morgan fingerprint density at radius 2 is 2.36 bits per heavy atom. The van der Waals surface area contributed by atoms with Crippen molar-refractivity contribution in [1.29, 1.82) is 0 Å². The second kappa shape index (κ2) is 4.46. The van der Waals surface area contributed by atoms with Gasteiger partial charge >= 0.3 is 5.97 Å². The number of hydrogen-bond donors (Lipinski definition) is 0. The molecule has 0 aromatic carbocycles. The van der Waals surface area contributed by atoms with Crippen LogP contribution in [-0.4, -0.2) is 35.8 Å². The number of nitrogens with zero attached hydrogens (tertiary/aromatic N) is 1. The summed E-state index contributed by atoms with van der Waals surface area (Å²) in [7, 11) is 1.29. The number of ether oxygens (including phenoxy) is 1. The Bertz CT molecular complexity index is 288. The summed E-state index contributed by atoms with van der Waals surface area (Å²) >= 11 is 5.81. The number of allylic oxidation sites excluding steroid dienone is 1. The van der Waals surface area contributed by atoms with E-state index >= 15 is 0 Å². The quantitative estimate of drug-likeness (QED) is 0.392. The predicted octanol–water partition coefficient (Wildman–Crippen LogP) is 0.903. The molecule has 4 nitrogen and oxygen atoms in total. The number of amides is 1. The van der Waals surface area contributed by atoms with Gasteiger partial charge in [0, 0.05) is 24.7 Å². The average Bonchev–Trinajstić information content (AvgIpc) is 2.45. The van der Waals surface area contributed by atoms with E-state index < -0.39 is 5.97 Å². The molecule has 1 heterocycles. The Morgan fingerprint density at radius 3 is 2.79 bits per heavy atom. The summed E-state index contributed by atoms with van der Waals surface area (Å²) in [6.07, 6.45) is 1.61. The second-order valence-corrected chi connectivity index (χ2v) is 3.73. The predicted molar refractivity (Wildman–Crippen MR) is 51.7 cm³/mol. The van der Waals surface area contributed by atoms with Crippen LogP contribution >= 0.6 is 11.6 Å². The molecule has 0 aromatic rings. The second-order valence-electron chi connectivity index (χ2n) is 3.11. The minimum atomic E-state index is -0.465. The number of esters is 1. The Kier molecular flexibility index (Phi) is 3.52. The van der Waals surface area contributed by atoms with Gasteiger partial charge in [0.2, 0.25) is 5.91 Å². The molecule has 0 saturated carbocycles. The zero-order valence-corrected chi connectivity index (χ0v) is 8.87. The van der Waals surface area contributed by atoms with E-state index in [1.807, 2.05) is 0 Å². The fourth-order valence-corrected chi connectivity index (χ4v) is 1.58. The van der Waals surface area contributed by atoms with Crippen molar-refractivity contribution in [3.8, 4) is 0 Å². The summed E-state index contributed by atoms with van der Waals surface area (Å²) in [5.41, 5.74) is 0.574. The lowest BCUT2D eigenvalue weighted by molar-refractivity contribution is -0.135. The third kappa shape index (κ3) is 2.48. The number of carbonyl (C=O) groups is 2. The van der Waals surface area contributed by atoms with Gasteiger partial charge in [-0.15, -0.1) is 11.6 Å². The maximum Gasteiger partial charge on any atom is 0.332 e. The summed E-state index contributed by atoms with van der Waals surface area (Å²) in [5, 5.41) is -0.163. The van der Waals surface area contributed by atoms with E-state index in [4.69, 9.17) is 11.6 Å². The highest BCUT2D eigenvalue weighted by molar-refractivity contribution is 6.22. The van der Waals surface area contributed by atoms with Gasteiger partial charge in [0.1, 0.15) is 0 Å². The van der Waals surface area contributed by atoms with Gasteiger partial charge in [-0.1, -0.05) is 0 Å². The third-order valence-electron chi connectivity index (χ3n) is 2.03. The van der Waals surface area contributed by atoms with E-state index in [1.165, 1.54) is 18.1 Å². The number of methoxy groups -OCH3 is 1. The normalized spacial score (nSPS) is 22.8. The van der Waals surface area contributed by atoms with E-state index in [1.54, 1.807) is 6.92 Å². The standard InChI is InChI=1S/C9H12ClNO3/c1-6(3-9(13)14-2)11-5-7(10)4-8(11)12/h3,7H,4-5H2,1-2H3. The molecule has 0 aliphatic carbocycles. The lowest BCUT2D eigenvalue weighted by atomic mass is 10.4. The van der Waals surface area contributed by atoms with Gasteiger partial charge in [0.25, 0.3) is 0 Å². The molecule has 1 unspecified atom stereocenters. The fourth-order valence-electron chi connectivity index (χ4n) is 1.31. The monoisotopic (exact) mass is 217 g/mol. The highest BCUT2D eigenvalue weighted by atomic mass is 35.5. The van der Waals surface area contributed by atoms with Gasteiger partial charge in [-0.25, -0.2) is 4.79 Å². The highest BCUT2D eigenvalue weighted by Crippen LogP contribution is 2.20. The molecule has 1 fully saturated rings. The first-order chi connectivity index (χ1) is 6.54. The number of hydrogen-bond acceptors (Lipinski definition) is 3.